The van der Waals surface area contributed by atoms with Gasteiger partial charge in [-0.1, -0.05) is 96.8 Å². The summed E-state index contributed by atoms with van der Waals surface area (Å²) in [6, 6.07) is 0. The lowest BCUT2D eigenvalue weighted by Gasteiger charge is -2.18. The molecule has 0 saturated heterocycles. The molecule has 0 spiro atoms. The number of rotatable bonds is 20. The molecule has 26 heavy (non-hydrogen) atoms. The summed E-state index contributed by atoms with van der Waals surface area (Å²) in [5.74, 6) is -1.59. The topological polar surface area (TPSA) is 77.8 Å². The van der Waals surface area contributed by atoms with E-state index in [2.05, 4.69) is 6.92 Å². The molecular weight excluding hydrogens is 328 g/mol. The molecule has 0 aromatic heterocycles. The molecule has 2 unspecified atom stereocenters. The van der Waals surface area contributed by atoms with Crippen molar-refractivity contribution in [1.29, 1.82) is 0 Å². The molecular formula is C22H44O4. The van der Waals surface area contributed by atoms with Gasteiger partial charge in [-0.2, -0.15) is 0 Å². The smallest absolute Gasteiger partial charge is 0.309 e. The van der Waals surface area contributed by atoms with Crippen molar-refractivity contribution >= 4 is 5.97 Å². The molecule has 0 aliphatic heterocycles. The van der Waals surface area contributed by atoms with Crippen LogP contribution in [0.4, 0.5) is 0 Å². The van der Waals surface area contributed by atoms with Gasteiger partial charge in [-0.05, 0) is 19.3 Å². The molecule has 0 aliphatic carbocycles. The van der Waals surface area contributed by atoms with Crippen molar-refractivity contribution in [3.8, 4) is 0 Å². The Kier molecular flexibility index (Phi) is 18.7. The molecule has 0 aliphatic rings. The van der Waals surface area contributed by atoms with Crippen molar-refractivity contribution in [3.05, 3.63) is 0 Å². The van der Waals surface area contributed by atoms with Crippen LogP contribution < -0.4 is 0 Å². The second kappa shape index (κ2) is 19.2. The summed E-state index contributed by atoms with van der Waals surface area (Å²) in [5.41, 5.74) is 0. The Morgan fingerprint density at radius 3 is 1.50 bits per heavy atom. The van der Waals surface area contributed by atoms with E-state index in [0.29, 0.717) is 19.3 Å². The minimum atomic E-state index is -0.912. The van der Waals surface area contributed by atoms with Gasteiger partial charge in [0, 0.05) is 6.61 Å². The number of unbranched alkanes of at least 4 members (excludes halogenated alkanes) is 13. The first-order valence-electron chi connectivity index (χ1n) is 11.1. The molecule has 0 aromatic rings. The summed E-state index contributed by atoms with van der Waals surface area (Å²) in [6.07, 6.45) is 18.5. The van der Waals surface area contributed by atoms with Gasteiger partial charge >= 0.3 is 5.97 Å². The Bertz CT molecular complexity index is 307. The van der Waals surface area contributed by atoms with E-state index in [1.807, 2.05) is 0 Å². The average molecular weight is 373 g/mol. The van der Waals surface area contributed by atoms with E-state index in [9.17, 15) is 15.0 Å². The van der Waals surface area contributed by atoms with Gasteiger partial charge in [0.05, 0.1) is 12.0 Å². The van der Waals surface area contributed by atoms with Crippen LogP contribution in [-0.2, 0) is 4.79 Å². The number of aliphatic hydroxyl groups is 2. The number of aliphatic hydroxyl groups excluding tert-OH is 2. The molecule has 0 aromatic carbocycles. The van der Waals surface area contributed by atoms with Crippen molar-refractivity contribution in [2.45, 2.75) is 122 Å². The SMILES string of the molecule is CCCCCCCCCCCCCCCCC(C(=O)O)C(O)CCCO. The molecule has 0 amide bonds. The highest BCUT2D eigenvalue weighted by Gasteiger charge is 2.25. The number of hydrogen-bond acceptors (Lipinski definition) is 3. The summed E-state index contributed by atoms with van der Waals surface area (Å²) in [4.78, 5) is 11.2. The summed E-state index contributed by atoms with van der Waals surface area (Å²) >= 11 is 0. The Morgan fingerprint density at radius 2 is 1.12 bits per heavy atom. The van der Waals surface area contributed by atoms with Gasteiger partial charge in [-0.15, -0.1) is 0 Å². The summed E-state index contributed by atoms with van der Waals surface area (Å²) in [5, 5.41) is 27.9. The predicted octanol–water partition coefficient (Wildman–Crippen LogP) is 5.69. The first-order valence-corrected chi connectivity index (χ1v) is 11.1. The molecule has 0 saturated carbocycles. The lowest BCUT2D eigenvalue weighted by molar-refractivity contribution is -0.146. The monoisotopic (exact) mass is 372 g/mol. The zero-order valence-electron chi connectivity index (χ0n) is 17.1. The maximum absolute atomic E-state index is 11.2. The molecule has 4 heteroatoms. The van der Waals surface area contributed by atoms with Crippen LogP contribution in [-0.4, -0.2) is 34.0 Å². The van der Waals surface area contributed by atoms with Crippen LogP contribution in [0.2, 0.25) is 0 Å². The molecule has 0 heterocycles. The fraction of sp³-hybridized carbons (Fsp3) is 0.955. The van der Waals surface area contributed by atoms with E-state index < -0.39 is 18.0 Å². The highest BCUT2D eigenvalue weighted by Crippen LogP contribution is 2.19. The van der Waals surface area contributed by atoms with Gasteiger partial charge in [0.25, 0.3) is 0 Å². The number of aliphatic carboxylic acids is 1. The van der Waals surface area contributed by atoms with Gasteiger partial charge in [0.2, 0.25) is 0 Å². The first kappa shape index (κ1) is 25.4. The van der Waals surface area contributed by atoms with Gasteiger partial charge in [0.15, 0.2) is 0 Å². The van der Waals surface area contributed by atoms with Gasteiger partial charge in [0.1, 0.15) is 0 Å². The highest BCUT2D eigenvalue weighted by molar-refractivity contribution is 5.70. The minimum Gasteiger partial charge on any atom is -0.481 e. The van der Waals surface area contributed by atoms with Crippen LogP contribution in [0.5, 0.6) is 0 Å². The predicted molar refractivity (Wildman–Crippen MR) is 108 cm³/mol. The van der Waals surface area contributed by atoms with Gasteiger partial charge in [-0.3, -0.25) is 4.79 Å². The van der Waals surface area contributed by atoms with Crippen LogP contribution in [0.3, 0.4) is 0 Å². The van der Waals surface area contributed by atoms with Crippen molar-refractivity contribution in [3.63, 3.8) is 0 Å². The Hall–Kier alpha value is -0.610. The van der Waals surface area contributed by atoms with Crippen molar-refractivity contribution in [1.82, 2.24) is 0 Å². The third kappa shape index (κ3) is 15.6. The maximum atomic E-state index is 11.2. The molecule has 0 radical (unpaired) electrons. The van der Waals surface area contributed by atoms with E-state index in [0.717, 1.165) is 19.3 Å². The highest BCUT2D eigenvalue weighted by atomic mass is 16.4. The van der Waals surface area contributed by atoms with Crippen molar-refractivity contribution < 1.29 is 20.1 Å². The fourth-order valence-electron chi connectivity index (χ4n) is 3.54. The molecule has 156 valence electrons. The van der Waals surface area contributed by atoms with Crippen LogP contribution in [0.25, 0.3) is 0 Å². The Balaban J connectivity index is 3.44. The zero-order valence-corrected chi connectivity index (χ0v) is 17.1. The van der Waals surface area contributed by atoms with Crippen LogP contribution in [0.1, 0.15) is 116 Å². The van der Waals surface area contributed by atoms with Crippen molar-refractivity contribution in [2.75, 3.05) is 6.61 Å². The van der Waals surface area contributed by atoms with E-state index in [4.69, 9.17) is 5.11 Å². The standard InChI is InChI=1S/C22H44O4/c1-2-3-4-5-6-7-8-9-10-11-12-13-14-15-17-20(22(25)26)21(24)18-16-19-23/h20-21,23-24H,2-19H2,1H3,(H,25,26). The first-order chi connectivity index (χ1) is 12.6. The number of carboxylic acid groups (broad SMARTS) is 1. The summed E-state index contributed by atoms with van der Waals surface area (Å²) in [6.45, 7) is 2.26. The third-order valence-corrected chi connectivity index (χ3v) is 5.31. The molecule has 4 nitrogen and oxygen atoms in total. The lowest BCUT2D eigenvalue weighted by atomic mass is 9.92. The number of carboxylic acids is 1. The second-order valence-electron chi connectivity index (χ2n) is 7.76. The lowest BCUT2D eigenvalue weighted by Crippen LogP contribution is -2.28. The van der Waals surface area contributed by atoms with E-state index in [-0.39, 0.29) is 6.61 Å². The largest absolute Gasteiger partial charge is 0.481 e. The molecule has 0 bridgehead atoms. The Labute approximate surface area is 161 Å². The van der Waals surface area contributed by atoms with E-state index >= 15 is 0 Å². The van der Waals surface area contributed by atoms with Crippen LogP contribution in [0.15, 0.2) is 0 Å². The second-order valence-corrected chi connectivity index (χ2v) is 7.76. The molecule has 3 N–H and O–H groups in total. The van der Waals surface area contributed by atoms with E-state index in [1.165, 1.54) is 70.6 Å². The Morgan fingerprint density at radius 1 is 0.692 bits per heavy atom. The number of hydrogen-bond donors (Lipinski definition) is 3. The minimum absolute atomic E-state index is 0.00224. The molecule has 2 atom stereocenters. The third-order valence-electron chi connectivity index (χ3n) is 5.31. The molecule has 0 fully saturated rings. The van der Waals surface area contributed by atoms with Crippen molar-refractivity contribution in [2.24, 2.45) is 5.92 Å². The van der Waals surface area contributed by atoms with Gasteiger partial charge in [-0.25, -0.2) is 0 Å². The maximum Gasteiger partial charge on any atom is 0.309 e. The quantitative estimate of drug-likeness (QED) is 0.240. The summed E-state index contributed by atoms with van der Waals surface area (Å²) in [7, 11) is 0. The zero-order chi connectivity index (χ0) is 19.5. The van der Waals surface area contributed by atoms with Crippen LogP contribution in [0, 0.1) is 5.92 Å². The molecule has 0 rings (SSSR count). The number of carbonyl (C=O) groups is 1. The van der Waals surface area contributed by atoms with Crippen LogP contribution >= 0.6 is 0 Å². The fourth-order valence-corrected chi connectivity index (χ4v) is 3.54. The van der Waals surface area contributed by atoms with E-state index in [1.54, 1.807) is 0 Å². The summed E-state index contributed by atoms with van der Waals surface area (Å²) < 4.78 is 0. The van der Waals surface area contributed by atoms with Gasteiger partial charge < -0.3 is 15.3 Å². The normalized spacial score (nSPS) is 13.7. The average Bonchev–Trinajstić information content (AvgIpc) is 2.62.